The SMILES string of the molecule is CCC(=O)N(CC)Cc1nn(-c2cccc(F)c2)c2c1CN(Cc1ccccc1F)CC2. The molecule has 0 radical (unpaired) electrons. The molecule has 7 heteroatoms. The smallest absolute Gasteiger partial charge is 0.222 e. The number of aromatic nitrogens is 2. The third kappa shape index (κ3) is 4.58. The molecule has 1 aliphatic heterocycles. The summed E-state index contributed by atoms with van der Waals surface area (Å²) in [5.41, 5.74) is 4.20. The maximum Gasteiger partial charge on any atom is 0.222 e. The molecule has 0 unspecified atom stereocenters. The third-order valence-corrected chi connectivity index (χ3v) is 6.00. The Morgan fingerprint density at radius 2 is 1.94 bits per heavy atom. The molecule has 1 aromatic heterocycles. The van der Waals surface area contributed by atoms with Crippen LogP contribution in [0, 0.1) is 11.6 Å². The Hall–Kier alpha value is -3.06. The van der Waals surface area contributed by atoms with E-state index in [-0.39, 0.29) is 17.5 Å². The van der Waals surface area contributed by atoms with Gasteiger partial charge in [-0.15, -0.1) is 0 Å². The van der Waals surface area contributed by atoms with Crippen LogP contribution >= 0.6 is 0 Å². The maximum absolute atomic E-state index is 14.2. The molecule has 0 bridgehead atoms. The first-order valence-electron chi connectivity index (χ1n) is 11.1. The van der Waals surface area contributed by atoms with Gasteiger partial charge < -0.3 is 4.90 Å². The van der Waals surface area contributed by atoms with Gasteiger partial charge in [-0.2, -0.15) is 5.10 Å². The number of fused-ring (bicyclic) bond motifs is 1. The first-order chi connectivity index (χ1) is 15.5. The molecule has 3 aromatic rings. The average molecular weight is 439 g/mol. The van der Waals surface area contributed by atoms with E-state index in [9.17, 15) is 13.6 Å². The van der Waals surface area contributed by atoms with Crippen LogP contribution in [0.15, 0.2) is 48.5 Å². The lowest BCUT2D eigenvalue weighted by atomic mass is 10.0. The van der Waals surface area contributed by atoms with Crippen molar-refractivity contribution in [2.75, 3.05) is 13.1 Å². The van der Waals surface area contributed by atoms with Crippen LogP contribution in [0.2, 0.25) is 0 Å². The van der Waals surface area contributed by atoms with Crippen molar-refractivity contribution >= 4 is 5.91 Å². The van der Waals surface area contributed by atoms with Gasteiger partial charge in [-0.3, -0.25) is 9.69 Å². The van der Waals surface area contributed by atoms with Crippen molar-refractivity contribution in [1.82, 2.24) is 19.6 Å². The summed E-state index contributed by atoms with van der Waals surface area (Å²) in [5.74, 6) is -0.457. The standard InChI is InChI=1S/C25H28F2N4O/c1-3-25(32)30(4-2)17-23-21-16-29(15-18-8-5-6-11-22(18)27)13-12-24(21)31(28-23)20-10-7-9-19(26)14-20/h5-11,14H,3-4,12-13,15-17H2,1-2H3. The van der Waals surface area contributed by atoms with Crippen LogP contribution in [0.4, 0.5) is 8.78 Å². The summed E-state index contributed by atoms with van der Waals surface area (Å²) in [5, 5.41) is 4.82. The molecule has 2 aromatic carbocycles. The van der Waals surface area contributed by atoms with Crippen LogP contribution in [0.3, 0.4) is 0 Å². The largest absolute Gasteiger partial charge is 0.337 e. The normalized spacial score (nSPS) is 13.8. The molecule has 4 rings (SSSR count). The zero-order chi connectivity index (χ0) is 22.7. The monoisotopic (exact) mass is 438 g/mol. The van der Waals surface area contributed by atoms with E-state index in [2.05, 4.69) is 4.90 Å². The molecule has 0 aliphatic carbocycles. The van der Waals surface area contributed by atoms with Crippen molar-refractivity contribution in [2.45, 2.75) is 46.3 Å². The van der Waals surface area contributed by atoms with E-state index in [0.717, 1.165) is 23.5 Å². The first kappa shape index (κ1) is 22.1. The van der Waals surface area contributed by atoms with Crippen LogP contribution in [-0.2, 0) is 30.8 Å². The molecule has 0 atom stereocenters. The summed E-state index contributed by atoms with van der Waals surface area (Å²) >= 11 is 0. The number of nitrogens with zero attached hydrogens (tertiary/aromatic N) is 4. The summed E-state index contributed by atoms with van der Waals surface area (Å²) < 4.78 is 29.9. The number of amides is 1. The molecule has 1 aliphatic rings. The van der Waals surface area contributed by atoms with Crippen molar-refractivity contribution in [3.8, 4) is 5.69 Å². The Morgan fingerprint density at radius 3 is 2.66 bits per heavy atom. The number of benzene rings is 2. The second kappa shape index (κ2) is 9.61. The number of hydrogen-bond acceptors (Lipinski definition) is 3. The zero-order valence-corrected chi connectivity index (χ0v) is 18.5. The van der Waals surface area contributed by atoms with Gasteiger partial charge in [0.2, 0.25) is 5.91 Å². The van der Waals surface area contributed by atoms with Gasteiger partial charge in [-0.25, -0.2) is 13.5 Å². The highest BCUT2D eigenvalue weighted by Crippen LogP contribution is 2.28. The topological polar surface area (TPSA) is 41.4 Å². The van der Waals surface area contributed by atoms with E-state index >= 15 is 0 Å². The number of carbonyl (C=O) groups excluding carboxylic acids is 1. The number of hydrogen-bond donors (Lipinski definition) is 0. The molecular weight excluding hydrogens is 410 g/mol. The molecule has 0 N–H and O–H groups in total. The highest BCUT2D eigenvalue weighted by molar-refractivity contribution is 5.75. The van der Waals surface area contributed by atoms with E-state index < -0.39 is 0 Å². The fourth-order valence-corrected chi connectivity index (χ4v) is 4.27. The van der Waals surface area contributed by atoms with Crippen molar-refractivity contribution in [1.29, 1.82) is 0 Å². The van der Waals surface area contributed by atoms with E-state index in [1.807, 2.05) is 26.0 Å². The number of halogens is 2. The lowest BCUT2D eigenvalue weighted by molar-refractivity contribution is -0.131. The van der Waals surface area contributed by atoms with Gasteiger partial charge in [-0.05, 0) is 31.2 Å². The maximum atomic E-state index is 14.2. The molecule has 1 amide bonds. The van der Waals surface area contributed by atoms with Gasteiger partial charge in [0.1, 0.15) is 11.6 Å². The number of rotatable bonds is 7. The summed E-state index contributed by atoms with van der Waals surface area (Å²) in [6, 6.07) is 13.2. The predicted molar refractivity (Wildman–Crippen MR) is 119 cm³/mol. The Balaban J connectivity index is 1.69. The molecule has 0 fully saturated rings. The molecular formula is C25H28F2N4O. The Morgan fingerprint density at radius 1 is 1.12 bits per heavy atom. The molecule has 2 heterocycles. The van der Waals surface area contributed by atoms with Crippen LogP contribution in [0.1, 0.15) is 42.8 Å². The minimum absolute atomic E-state index is 0.0700. The van der Waals surface area contributed by atoms with E-state index in [1.165, 1.54) is 18.2 Å². The predicted octanol–water partition coefficient (Wildman–Crippen LogP) is 4.47. The van der Waals surface area contributed by atoms with Gasteiger partial charge in [-0.1, -0.05) is 31.2 Å². The Kier molecular flexibility index (Phi) is 6.65. The summed E-state index contributed by atoms with van der Waals surface area (Å²) in [6.07, 6.45) is 1.14. The van der Waals surface area contributed by atoms with Crippen molar-refractivity contribution in [2.24, 2.45) is 0 Å². The molecule has 0 saturated carbocycles. The molecule has 0 saturated heterocycles. The minimum atomic E-state index is -0.318. The van der Waals surface area contributed by atoms with Crippen LogP contribution in [0.5, 0.6) is 0 Å². The second-order valence-corrected chi connectivity index (χ2v) is 8.08. The second-order valence-electron chi connectivity index (χ2n) is 8.08. The highest BCUT2D eigenvalue weighted by atomic mass is 19.1. The van der Waals surface area contributed by atoms with Crippen molar-refractivity contribution in [3.05, 3.63) is 82.7 Å². The van der Waals surface area contributed by atoms with Crippen LogP contribution in [0.25, 0.3) is 5.69 Å². The van der Waals surface area contributed by atoms with E-state index in [1.54, 1.807) is 27.8 Å². The van der Waals surface area contributed by atoms with Gasteiger partial charge >= 0.3 is 0 Å². The highest BCUT2D eigenvalue weighted by Gasteiger charge is 2.27. The van der Waals surface area contributed by atoms with Crippen molar-refractivity contribution in [3.63, 3.8) is 0 Å². The zero-order valence-electron chi connectivity index (χ0n) is 18.5. The van der Waals surface area contributed by atoms with E-state index in [4.69, 9.17) is 5.10 Å². The van der Waals surface area contributed by atoms with Gasteiger partial charge in [0.05, 0.1) is 23.6 Å². The van der Waals surface area contributed by atoms with E-state index in [0.29, 0.717) is 50.3 Å². The quantitative estimate of drug-likeness (QED) is 0.547. The molecule has 168 valence electrons. The van der Waals surface area contributed by atoms with Crippen LogP contribution < -0.4 is 0 Å². The lowest BCUT2D eigenvalue weighted by Gasteiger charge is -2.28. The number of carbonyl (C=O) groups is 1. The minimum Gasteiger partial charge on any atom is -0.337 e. The van der Waals surface area contributed by atoms with Gasteiger partial charge in [0.15, 0.2) is 0 Å². The lowest BCUT2D eigenvalue weighted by Crippen LogP contribution is -2.33. The Bertz CT molecular complexity index is 1110. The average Bonchev–Trinajstić information content (AvgIpc) is 3.16. The van der Waals surface area contributed by atoms with Crippen molar-refractivity contribution < 1.29 is 13.6 Å². The first-order valence-corrected chi connectivity index (χ1v) is 11.1. The summed E-state index contributed by atoms with van der Waals surface area (Å²) in [6.45, 7) is 6.64. The Labute approximate surface area is 187 Å². The summed E-state index contributed by atoms with van der Waals surface area (Å²) in [7, 11) is 0. The van der Waals surface area contributed by atoms with Crippen LogP contribution in [-0.4, -0.2) is 38.6 Å². The fraction of sp³-hybridized carbons (Fsp3) is 0.360. The van der Waals surface area contributed by atoms with Gasteiger partial charge in [0.25, 0.3) is 0 Å². The molecule has 32 heavy (non-hydrogen) atoms. The molecule has 5 nitrogen and oxygen atoms in total. The fourth-order valence-electron chi connectivity index (χ4n) is 4.27. The summed E-state index contributed by atoms with van der Waals surface area (Å²) in [4.78, 5) is 16.3. The third-order valence-electron chi connectivity index (χ3n) is 6.00. The molecule has 0 spiro atoms. The van der Waals surface area contributed by atoms with Gasteiger partial charge in [0, 0.05) is 50.1 Å².